The van der Waals surface area contributed by atoms with Crippen molar-refractivity contribution >= 4 is 5.69 Å². The molecular weight excluding hydrogens is 303 g/mol. The fourth-order valence-electron chi connectivity index (χ4n) is 2.79. The minimum absolute atomic E-state index is 0.145. The molecule has 3 heterocycles. The average molecular weight is 320 g/mol. The molecule has 4 rings (SSSR count). The zero-order chi connectivity index (χ0) is 16.0. The van der Waals surface area contributed by atoms with E-state index in [0.29, 0.717) is 24.3 Å². The van der Waals surface area contributed by atoms with Crippen molar-refractivity contribution in [3.63, 3.8) is 0 Å². The number of morpholine rings is 1. The minimum Gasteiger partial charge on any atom is -0.390 e. The van der Waals surface area contributed by atoms with Crippen LogP contribution in [0.5, 0.6) is 0 Å². The van der Waals surface area contributed by atoms with Crippen LogP contribution in [0.15, 0.2) is 24.4 Å². The number of benzene rings is 1. The molecule has 0 spiro atoms. The van der Waals surface area contributed by atoms with E-state index in [1.54, 1.807) is 23.9 Å². The number of hydrogen-bond acceptors (Lipinski definition) is 6. The topological polar surface area (TPSA) is 75.9 Å². The Balaban J connectivity index is 1.50. The summed E-state index contributed by atoms with van der Waals surface area (Å²) in [5.41, 5.74) is 1.91. The summed E-state index contributed by atoms with van der Waals surface area (Å²) in [5.74, 6) is -0.230. The number of rotatable bonds is 4. The van der Waals surface area contributed by atoms with Gasteiger partial charge in [0.2, 0.25) is 6.29 Å². The quantitative estimate of drug-likeness (QED) is 0.840. The number of epoxide rings is 1. The predicted octanol–water partition coefficient (Wildman–Crippen LogP) is 0.806. The Morgan fingerprint density at radius 3 is 3.00 bits per heavy atom. The first-order valence-corrected chi connectivity index (χ1v) is 7.47. The van der Waals surface area contributed by atoms with Crippen LogP contribution in [-0.4, -0.2) is 45.3 Å². The molecule has 2 aliphatic rings. The van der Waals surface area contributed by atoms with Gasteiger partial charge >= 0.3 is 0 Å². The van der Waals surface area contributed by atoms with Crippen LogP contribution in [0.25, 0.3) is 0 Å². The van der Waals surface area contributed by atoms with Crippen molar-refractivity contribution in [2.45, 2.75) is 38.7 Å². The number of aliphatic hydroxyl groups excluding tert-OH is 1. The summed E-state index contributed by atoms with van der Waals surface area (Å²) < 4.78 is 26.8. The van der Waals surface area contributed by atoms with Crippen LogP contribution in [0.3, 0.4) is 0 Å². The summed E-state index contributed by atoms with van der Waals surface area (Å²) in [4.78, 5) is 2.01. The lowest BCUT2D eigenvalue weighted by Crippen LogP contribution is -2.44. The number of ether oxygens (including phenoxy) is 2. The summed E-state index contributed by atoms with van der Waals surface area (Å²) in [5, 5.41) is 16.8. The summed E-state index contributed by atoms with van der Waals surface area (Å²) in [6.45, 7) is 2.65. The van der Waals surface area contributed by atoms with Gasteiger partial charge in [0.25, 0.3) is 0 Å². The second kappa shape index (κ2) is 5.55. The minimum atomic E-state index is -0.293. The molecule has 2 unspecified atom stereocenters. The normalized spacial score (nSPS) is 26.2. The first-order chi connectivity index (χ1) is 11.1. The molecule has 0 bridgehead atoms. The van der Waals surface area contributed by atoms with Crippen molar-refractivity contribution in [2.75, 3.05) is 11.4 Å². The van der Waals surface area contributed by atoms with Crippen LogP contribution in [0.4, 0.5) is 10.1 Å². The Morgan fingerprint density at radius 2 is 2.26 bits per heavy atom. The molecule has 2 fully saturated rings. The monoisotopic (exact) mass is 320 g/mol. The smallest absolute Gasteiger partial charge is 0.205 e. The SMILES string of the molecule is Cc1ccc(N2C[C@H](Cn3cc(CO)nn3)OC3OC32)cc1F. The number of fused-ring (bicyclic) bond motifs is 1. The molecule has 0 amide bonds. The van der Waals surface area contributed by atoms with E-state index in [4.69, 9.17) is 14.6 Å². The lowest BCUT2D eigenvalue weighted by molar-refractivity contribution is -0.0212. The summed E-state index contributed by atoms with van der Waals surface area (Å²) in [7, 11) is 0. The van der Waals surface area contributed by atoms with E-state index in [1.165, 1.54) is 6.07 Å². The molecule has 0 saturated carbocycles. The van der Waals surface area contributed by atoms with Gasteiger partial charge in [0.15, 0.2) is 6.23 Å². The number of hydrogen-bond donors (Lipinski definition) is 1. The number of aryl methyl sites for hydroxylation is 1. The maximum absolute atomic E-state index is 13.8. The standard InChI is InChI=1S/C15H17FN4O3/c1-9-2-3-11(4-13(9)16)20-7-12(22-15-14(20)23-15)6-19-5-10(8-21)17-18-19/h2-5,12,14-15,21H,6-8H2,1H3/t12-,14?,15?/m0/s1. The van der Waals surface area contributed by atoms with Gasteiger partial charge in [-0.05, 0) is 24.6 Å². The molecule has 3 atom stereocenters. The van der Waals surface area contributed by atoms with Crippen molar-refractivity contribution < 1.29 is 19.0 Å². The van der Waals surface area contributed by atoms with Crippen LogP contribution in [-0.2, 0) is 22.6 Å². The van der Waals surface area contributed by atoms with Gasteiger partial charge in [0.05, 0.1) is 25.5 Å². The lowest BCUT2D eigenvalue weighted by atomic mass is 10.1. The van der Waals surface area contributed by atoms with Crippen LogP contribution in [0.1, 0.15) is 11.3 Å². The molecule has 23 heavy (non-hydrogen) atoms. The number of aliphatic hydroxyl groups is 1. The van der Waals surface area contributed by atoms with Gasteiger partial charge in [-0.1, -0.05) is 11.3 Å². The maximum Gasteiger partial charge on any atom is 0.205 e. The van der Waals surface area contributed by atoms with E-state index in [0.717, 1.165) is 5.69 Å². The van der Waals surface area contributed by atoms with E-state index in [9.17, 15) is 4.39 Å². The van der Waals surface area contributed by atoms with E-state index < -0.39 is 0 Å². The van der Waals surface area contributed by atoms with Gasteiger partial charge in [-0.3, -0.25) is 0 Å². The van der Waals surface area contributed by atoms with Crippen molar-refractivity contribution in [3.05, 3.63) is 41.5 Å². The molecule has 2 saturated heterocycles. The van der Waals surface area contributed by atoms with Gasteiger partial charge in [-0.15, -0.1) is 5.10 Å². The van der Waals surface area contributed by atoms with E-state index >= 15 is 0 Å². The lowest BCUT2D eigenvalue weighted by Gasteiger charge is -2.31. The Hall–Kier alpha value is -2.03. The molecule has 1 aromatic carbocycles. The summed E-state index contributed by atoms with van der Waals surface area (Å²) in [6.07, 6.45) is 1.08. The van der Waals surface area contributed by atoms with Crippen molar-refractivity contribution in [2.24, 2.45) is 0 Å². The fourth-order valence-corrected chi connectivity index (χ4v) is 2.79. The van der Waals surface area contributed by atoms with Crippen LogP contribution in [0.2, 0.25) is 0 Å². The predicted molar refractivity (Wildman–Crippen MR) is 78.0 cm³/mol. The Morgan fingerprint density at radius 1 is 1.39 bits per heavy atom. The first kappa shape index (κ1) is 14.6. The van der Waals surface area contributed by atoms with Gasteiger partial charge in [0.1, 0.15) is 11.5 Å². The third-order valence-corrected chi connectivity index (χ3v) is 4.09. The third-order valence-electron chi connectivity index (χ3n) is 4.09. The molecule has 0 aliphatic carbocycles. The van der Waals surface area contributed by atoms with E-state index in [2.05, 4.69) is 10.3 Å². The van der Waals surface area contributed by atoms with Gasteiger partial charge in [-0.25, -0.2) is 9.07 Å². The molecule has 122 valence electrons. The Bertz CT molecular complexity index is 722. The highest BCUT2D eigenvalue weighted by Gasteiger charge is 2.51. The van der Waals surface area contributed by atoms with E-state index in [1.807, 2.05) is 11.0 Å². The molecule has 2 aliphatic heterocycles. The number of aromatic nitrogens is 3. The fraction of sp³-hybridized carbons (Fsp3) is 0.467. The largest absolute Gasteiger partial charge is 0.390 e. The number of anilines is 1. The zero-order valence-electron chi connectivity index (χ0n) is 12.6. The molecule has 2 aromatic rings. The van der Waals surface area contributed by atoms with Crippen molar-refractivity contribution in [3.8, 4) is 0 Å². The second-order valence-corrected chi connectivity index (χ2v) is 5.83. The van der Waals surface area contributed by atoms with Crippen LogP contribution >= 0.6 is 0 Å². The highest BCUT2D eigenvalue weighted by Crippen LogP contribution is 2.37. The maximum atomic E-state index is 13.8. The highest BCUT2D eigenvalue weighted by molar-refractivity contribution is 5.50. The molecule has 7 nitrogen and oxygen atoms in total. The van der Waals surface area contributed by atoms with Gasteiger partial charge in [-0.2, -0.15) is 0 Å². The van der Waals surface area contributed by atoms with E-state index in [-0.39, 0.29) is 31.0 Å². The van der Waals surface area contributed by atoms with Crippen molar-refractivity contribution in [1.29, 1.82) is 0 Å². The number of nitrogens with zero attached hydrogens (tertiary/aromatic N) is 4. The zero-order valence-corrected chi connectivity index (χ0v) is 12.6. The van der Waals surface area contributed by atoms with Gasteiger partial charge < -0.3 is 19.5 Å². The average Bonchev–Trinajstić information content (AvgIpc) is 3.19. The summed E-state index contributed by atoms with van der Waals surface area (Å²) >= 11 is 0. The van der Waals surface area contributed by atoms with Crippen LogP contribution in [0, 0.1) is 12.7 Å². The highest BCUT2D eigenvalue weighted by atomic mass is 19.1. The van der Waals surface area contributed by atoms with Crippen molar-refractivity contribution in [1.82, 2.24) is 15.0 Å². The first-order valence-electron chi connectivity index (χ1n) is 7.47. The van der Waals surface area contributed by atoms with Gasteiger partial charge in [0, 0.05) is 12.2 Å². The third kappa shape index (κ3) is 2.80. The Labute approximate surface area is 132 Å². The number of halogens is 1. The molecular formula is C15H17FN4O3. The molecule has 0 radical (unpaired) electrons. The van der Waals surface area contributed by atoms with Crippen LogP contribution < -0.4 is 4.90 Å². The molecule has 1 aromatic heterocycles. The second-order valence-electron chi connectivity index (χ2n) is 5.83. The Kier molecular flexibility index (Phi) is 3.51. The molecule has 1 N–H and O–H groups in total. The summed E-state index contributed by atoms with van der Waals surface area (Å²) in [6, 6.07) is 5.17. The molecule has 8 heteroatoms.